The first-order valence-corrected chi connectivity index (χ1v) is 11.8. The minimum Gasteiger partial charge on any atom is -0.388 e. The van der Waals surface area contributed by atoms with Crippen LogP contribution in [-0.2, 0) is 16.8 Å². The van der Waals surface area contributed by atoms with Crippen molar-refractivity contribution in [2.45, 2.75) is 45.3 Å². The molecule has 0 unspecified atom stereocenters. The summed E-state index contributed by atoms with van der Waals surface area (Å²) in [6.07, 6.45) is 4.97. The molecule has 1 N–H and O–H groups in total. The molecular weight excluding hydrogens is 418 g/mol. The van der Waals surface area contributed by atoms with E-state index < -0.39 is 6.10 Å². The van der Waals surface area contributed by atoms with E-state index in [4.69, 9.17) is 9.72 Å². The van der Waals surface area contributed by atoms with Crippen LogP contribution in [0.1, 0.15) is 59.9 Å². The number of rotatable bonds is 8. The lowest BCUT2D eigenvalue weighted by Crippen LogP contribution is -2.21. The number of benzene rings is 3. The van der Waals surface area contributed by atoms with Crippen molar-refractivity contribution in [1.82, 2.24) is 4.98 Å². The van der Waals surface area contributed by atoms with Crippen LogP contribution < -0.4 is 0 Å². The lowest BCUT2D eigenvalue weighted by atomic mass is 9.89. The van der Waals surface area contributed by atoms with Crippen LogP contribution >= 0.6 is 0 Å². The first-order chi connectivity index (χ1) is 16.4. The quantitative estimate of drug-likeness (QED) is 0.306. The molecule has 0 aliphatic carbocycles. The number of pyridine rings is 1. The van der Waals surface area contributed by atoms with Crippen molar-refractivity contribution in [3.05, 3.63) is 112 Å². The third-order valence-electron chi connectivity index (χ3n) is 6.47. The van der Waals surface area contributed by atoms with Gasteiger partial charge in [-0.05, 0) is 85.7 Å². The molecule has 0 saturated heterocycles. The van der Waals surface area contributed by atoms with Crippen LogP contribution in [0.3, 0.4) is 0 Å². The van der Waals surface area contributed by atoms with E-state index in [2.05, 4.69) is 69.3 Å². The number of aryl methyl sites for hydroxylation is 2. The fourth-order valence-corrected chi connectivity index (χ4v) is 4.28. The molecular formula is C31H33NO2. The molecule has 4 rings (SSSR count). The van der Waals surface area contributed by atoms with Crippen LogP contribution in [-0.4, -0.2) is 17.2 Å². The number of hydrogen-bond donors (Lipinski definition) is 1. The smallest absolute Gasteiger partial charge is 0.0874 e. The first kappa shape index (κ1) is 23.9. The summed E-state index contributed by atoms with van der Waals surface area (Å²) >= 11 is 0. The van der Waals surface area contributed by atoms with Crippen LogP contribution in [0, 0.1) is 6.92 Å². The Hall–Kier alpha value is -3.27. The van der Waals surface area contributed by atoms with Gasteiger partial charge in [0.2, 0.25) is 0 Å². The van der Waals surface area contributed by atoms with E-state index in [1.54, 1.807) is 7.11 Å². The Morgan fingerprint density at radius 2 is 1.74 bits per heavy atom. The van der Waals surface area contributed by atoms with Gasteiger partial charge in [0.25, 0.3) is 0 Å². The molecule has 0 spiro atoms. The van der Waals surface area contributed by atoms with Gasteiger partial charge in [0.05, 0.1) is 22.9 Å². The Kier molecular flexibility index (Phi) is 7.26. The second-order valence-electron chi connectivity index (χ2n) is 9.36. The fourth-order valence-electron chi connectivity index (χ4n) is 4.28. The third kappa shape index (κ3) is 5.61. The molecule has 0 bridgehead atoms. The summed E-state index contributed by atoms with van der Waals surface area (Å²) in [6, 6.07) is 26.9. The molecule has 0 aliphatic rings. The van der Waals surface area contributed by atoms with Gasteiger partial charge in [-0.25, -0.2) is 4.98 Å². The molecule has 34 heavy (non-hydrogen) atoms. The van der Waals surface area contributed by atoms with Gasteiger partial charge in [-0.15, -0.1) is 0 Å². The maximum absolute atomic E-state index is 10.9. The Balaban J connectivity index is 1.47. The minimum absolute atomic E-state index is 0.359. The van der Waals surface area contributed by atoms with Crippen molar-refractivity contribution in [1.29, 1.82) is 0 Å². The Bertz CT molecular complexity index is 1310. The van der Waals surface area contributed by atoms with Crippen LogP contribution in [0.15, 0.2) is 78.9 Å². The fraction of sp³-hybridized carbons (Fsp3) is 0.258. The standard InChI is InChI=1S/C31H33NO2/c1-22-12-14-25-15-18-27(32-29(25)20-22)17-13-23-8-7-10-26(21-23)30(33)19-16-24-9-5-6-11-28(24)31(2,3)34-4/h5-15,17-18,20-21,30,33H,16,19H2,1-4H3/b17-13+/t30-/m0/s1. The average Bonchev–Trinajstić information content (AvgIpc) is 2.86. The molecule has 4 aromatic rings. The average molecular weight is 452 g/mol. The number of hydrogen-bond acceptors (Lipinski definition) is 3. The number of methoxy groups -OCH3 is 1. The second-order valence-corrected chi connectivity index (χ2v) is 9.36. The van der Waals surface area contributed by atoms with Crippen LogP contribution in [0.2, 0.25) is 0 Å². The molecule has 3 heteroatoms. The van der Waals surface area contributed by atoms with E-state index in [0.717, 1.165) is 34.1 Å². The van der Waals surface area contributed by atoms with Gasteiger partial charge in [0.15, 0.2) is 0 Å². The number of aromatic nitrogens is 1. The van der Waals surface area contributed by atoms with E-state index in [1.165, 1.54) is 16.7 Å². The van der Waals surface area contributed by atoms with Crippen molar-refractivity contribution >= 4 is 23.1 Å². The van der Waals surface area contributed by atoms with Crippen LogP contribution in [0.4, 0.5) is 0 Å². The number of fused-ring (bicyclic) bond motifs is 1. The highest BCUT2D eigenvalue weighted by Crippen LogP contribution is 2.29. The zero-order chi connectivity index (χ0) is 24.1. The zero-order valence-corrected chi connectivity index (χ0v) is 20.5. The monoisotopic (exact) mass is 451 g/mol. The summed E-state index contributed by atoms with van der Waals surface area (Å²) in [5.41, 5.74) is 7.11. The molecule has 0 aliphatic heterocycles. The predicted octanol–water partition coefficient (Wildman–Crippen LogP) is 7.26. The SMILES string of the molecule is COC(C)(C)c1ccccc1CC[C@H](O)c1cccc(/C=C/c2ccc3ccc(C)cc3n2)c1. The Morgan fingerprint density at radius 1 is 0.941 bits per heavy atom. The summed E-state index contributed by atoms with van der Waals surface area (Å²) in [4.78, 5) is 4.76. The van der Waals surface area contributed by atoms with Gasteiger partial charge >= 0.3 is 0 Å². The highest BCUT2D eigenvalue weighted by Gasteiger charge is 2.22. The molecule has 1 heterocycles. The van der Waals surface area contributed by atoms with Crippen LogP contribution in [0.5, 0.6) is 0 Å². The summed E-state index contributed by atoms with van der Waals surface area (Å²) in [5.74, 6) is 0. The van der Waals surface area contributed by atoms with Crippen molar-refractivity contribution < 1.29 is 9.84 Å². The molecule has 1 aromatic heterocycles. The molecule has 3 aromatic carbocycles. The maximum atomic E-state index is 10.9. The van der Waals surface area contributed by atoms with E-state index in [1.807, 2.05) is 42.5 Å². The van der Waals surface area contributed by atoms with Gasteiger partial charge in [0, 0.05) is 12.5 Å². The molecule has 0 radical (unpaired) electrons. The van der Waals surface area contributed by atoms with Crippen molar-refractivity contribution in [3.63, 3.8) is 0 Å². The van der Waals surface area contributed by atoms with Gasteiger partial charge in [-0.2, -0.15) is 0 Å². The van der Waals surface area contributed by atoms with Crippen molar-refractivity contribution in [3.8, 4) is 0 Å². The van der Waals surface area contributed by atoms with Gasteiger partial charge < -0.3 is 9.84 Å². The molecule has 0 amide bonds. The highest BCUT2D eigenvalue weighted by atomic mass is 16.5. The van der Waals surface area contributed by atoms with E-state index >= 15 is 0 Å². The number of aliphatic hydroxyl groups is 1. The maximum Gasteiger partial charge on any atom is 0.0874 e. The zero-order valence-electron chi connectivity index (χ0n) is 20.5. The topological polar surface area (TPSA) is 42.4 Å². The van der Waals surface area contributed by atoms with Gasteiger partial charge in [-0.3, -0.25) is 0 Å². The van der Waals surface area contributed by atoms with E-state index in [9.17, 15) is 5.11 Å². The lowest BCUT2D eigenvalue weighted by molar-refractivity contribution is 0.0183. The lowest BCUT2D eigenvalue weighted by Gasteiger charge is -2.26. The van der Waals surface area contributed by atoms with Crippen molar-refractivity contribution in [2.75, 3.05) is 7.11 Å². The molecule has 3 nitrogen and oxygen atoms in total. The predicted molar refractivity (Wildman–Crippen MR) is 142 cm³/mol. The summed E-state index contributed by atoms with van der Waals surface area (Å²) in [6.45, 7) is 6.23. The van der Waals surface area contributed by atoms with Gasteiger partial charge in [0.1, 0.15) is 0 Å². The van der Waals surface area contributed by atoms with Gasteiger partial charge in [-0.1, -0.05) is 66.7 Å². The normalized spacial score (nSPS) is 13.0. The number of ether oxygens (including phenoxy) is 1. The summed E-state index contributed by atoms with van der Waals surface area (Å²) < 4.78 is 5.69. The first-order valence-electron chi connectivity index (χ1n) is 11.8. The highest BCUT2D eigenvalue weighted by molar-refractivity contribution is 5.81. The number of nitrogens with zero attached hydrogens (tertiary/aromatic N) is 1. The minimum atomic E-state index is -0.533. The molecule has 0 fully saturated rings. The van der Waals surface area contributed by atoms with E-state index in [0.29, 0.717) is 6.42 Å². The molecule has 1 atom stereocenters. The molecule has 0 saturated carbocycles. The molecule has 174 valence electrons. The van der Waals surface area contributed by atoms with Crippen molar-refractivity contribution in [2.24, 2.45) is 0 Å². The second kappa shape index (κ2) is 10.3. The van der Waals surface area contributed by atoms with Crippen LogP contribution in [0.25, 0.3) is 23.1 Å². The largest absolute Gasteiger partial charge is 0.388 e. The Morgan fingerprint density at radius 3 is 2.56 bits per heavy atom. The summed E-state index contributed by atoms with van der Waals surface area (Å²) in [5, 5.41) is 12.1. The third-order valence-corrected chi connectivity index (χ3v) is 6.47. The Labute approximate surface area is 202 Å². The number of aliphatic hydroxyl groups excluding tert-OH is 1. The summed E-state index contributed by atoms with van der Waals surface area (Å²) in [7, 11) is 1.74. The van der Waals surface area contributed by atoms with E-state index in [-0.39, 0.29) is 5.60 Å².